The zero-order valence-corrected chi connectivity index (χ0v) is 19.3. The number of carbonyl (C=O) groups excluding carboxylic acids is 2. The van der Waals surface area contributed by atoms with Gasteiger partial charge in [0.15, 0.2) is 0 Å². The first-order valence-corrected chi connectivity index (χ1v) is 12.1. The van der Waals surface area contributed by atoms with E-state index in [1.807, 2.05) is 30.3 Å². The van der Waals surface area contributed by atoms with E-state index in [-0.39, 0.29) is 17.6 Å². The largest absolute Gasteiger partial charge is 0.371 e. The van der Waals surface area contributed by atoms with Gasteiger partial charge in [0, 0.05) is 28.6 Å². The summed E-state index contributed by atoms with van der Waals surface area (Å²) in [4.78, 5) is 25.1. The van der Waals surface area contributed by atoms with E-state index in [1.54, 1.807) is 36.0 Å². The molecule has 0 fully saturated rings. The molecule has 0 bridgehead atoms. The first-order valence-electron chi connectivity index (χ1n) is 10.5. The molecule has 0 saturated heterocycles. The van der Waals surface area contributed by atoms with Crippen molar-refractivity contribution < 1.29 is 14.0 Å². The third-order valence-corrected chi connectivity index (χ3v) is 6.60. The molecule has 1 aliphatic heterocycles. The molecule has 33 heavy (non-hydrogen) atoms. The number of anilines is 2. The van der Waals surface area contributed by atoms with Gasteiger partial charge in [-0.15, -0.1) is 0 Å². The van der Waals surface area contributed by atoms with Crippen molar-refractivity contribution in [3.63, 3.8) is 0 Å². The molecule has 0 unspecified atom stereocenters. The standard InChI is InChI=1S/C25H23ClFN3O2S/c26-19-7-4-16(5-8-19)10-11-28-24(31)18-6-9-21-22(13-18)30-25(32)23(29-21)15-33-14-17-2-1-3-20(27)12-17/h1-9,12-13,23,29H,10-11,14-15H2,(H,28,31)(H,30,32)/t23-/m1/s1. The van der Waals surface area contributed by atoms with Crippen LogP contribution in [0.3, 0.4) is 0 Å². The minimum Gasteiger partial charge on any atom is -0.371 e. The predicted octanol–water partition coefficient (Wildman–Crippen LogP) is 5.12. The molecular formula is C25H23ClFN3O2S. The zero-order valence-electron chi connectivity index (χ0n) is 17.7. The van der Waals surface area contributed by atoms with Crippen LogP contribution in [0.5, 0.6) is 0 Å². The quantitative estimate of drug-likeness (QED) is 0.416. The lowest BCUT2D eigenvalue weighted by Crippen LogP contribution is -2.40. The number of hydrogen-bond acceptors (Lipinski definition) is 4. The Kier molecular flexibility index (Phi) is 7.52. The van der Waals surface area contributed by atoms with Gasteiger partial charge < -0.3 is 16.0 Å². The molecule has 1 atom stereocenters. The Bertz CT molecular complexity index is 1160. The van der Waals surface area contributed by atoms with Crippen molar-refractivity contribution in [2.45, 2.75) is 18.2 Å². The normalized spacial score (nSPS) is 14.7. The van der Waals surface area contributed by atoms with Crippen molar-refractivity contribution in [3.8, 4) is 0 Å². The van der Waals surface area contributed by atoms with E-state index >= 15 is 0 Å². The summed E-state index contributed by atoms with van der Waals surface area (Å²) in [6.45, 7) is 0.493. The molecule has 0 aliphatic carbocycles. The van der Waals surface area contributed by atoms with Crippen LogP contribution in [0.2, 0.25) is 5.02 Å². The molecule has 170 valence electrons. The Hall–Kier alpha value is -3.03. The molecule has 1 aliphatic rings. The van der Waals surface area contributed by atoms with E-state index in [0.29, 0.717) is 40.7 Å². The van der Waals surface area contributed by atoms with Crippen molar-refractivity contribution in [1.82, 2.24) is 5.32 Å². The Morgan fingerprint density at radius 2 is 1.85 bits per heavy atom. The summed E-state index contributed by atoms with van der Waals surface area (Å²) in [5.41, 5.74) is 3.79. The van der Waals surface area contributed by atoms with Gasteiger partial charge in [-0.3, -0.25) is 9.59 Å². The van der Waals surface area contributed by atoms with Gasteiger partial charge in [-0.1, -0.05) is 35.9 Å². The number of carbonyl (C=O) groups is 2. The number of benzene rings is 3. The van der Waals surface area contributed by atoms with Gasteiger partial charge in [0.05, 0.1) is 11.4 Å². The fourth-order valence-electron chi connectivity index (χ4n) is 3.50. The molecule has 0 saturated carbocycles. The summed E-state index contributed by atoms with van der Waals surface area (Å²) < 4.78 is 13.3. The maximum Gasteiger partial charge on any atom is 0.251 e. The van der Waals surface area contributed by atoms with Crippen molar-refractivity contribution in [2.24, 2.45) is 0 Å². The van der Waals surface area contributed by atoms with Crippen LogP contribution >= 0.6 is 23.4 Å². The first kappa shape index (κ1) is 23.1. The third-order valence-electron chi connectivity index (χ3n) is 5.24. The van der Waals surface area contributed by atoms with Crippen LogP contribution in [0, 0.1) is 5.82 Å². The smallest absolute Gasteiger partial charge is 0.251 e. The summed E-state index contributed by atoms with van der Waals surface area (Å²) in [5, 5.41) is 9.69. The number of amides is 2. The third kappa shape index (κ3) is 6.27. The SMILES string of the molecule is O=C(NCCc1ccc(Cl)cc1)c1ccc2c(c1)NC(=O)[C@@H](CSCc1cccc(F)c1)N2. The molecule has 2 amide bonds. The molecular weight excluding hydrogens is 461 g/mol. The highest BCUT2D eigenvalue weighted by Gasteiger charge is 2.26. The lowest BCUT2D eigenvalue weighted by atomic mass is 10.1. The van der Waals surface area contributed by atoms with Gasteiger partial charge in [-0.2, -0.15) is 11.8 Å². The van der Waals surface area contributed by atoms with Crippen LogP contribution in [0.4, 0.5) is 15.8 Å². The van der Waals surface area contributed by atoms with Gasteiger partial charge in [-0.05, 0) is 60.0 Å². The van der Waals surface area contributed by atoms with Crippen LogP contribution in [0.25, 0.3) is 0 Å². The van der Waals surface area contributed by atoms with Crippen LogP contribution in [0.1, 0.15) is 21.5 Å². The molecule has 8 heteroatoms. The van der Waals surface area contributed by atoms with E-state index in [2.05, 4.69) is 16.0 Å². The molecule has 0 spiro atoms. The van der Waals surface area contributed by atoms with Crippen molar-refractivity contribution in [3.05, 3.63) is 94.3 Å². The fourth-order valence-corrected chi connectivity index (χ4v) is 4.63. The second kappa shape index (κ2) is 10.7. The van der Waals surface area contributed by atoms with Gasteiger partial charge in [-0.25, -0.2) is 4.39 Å². The summed E-state index contributed by atoms with van der Waals surface area (Å²) in [6.07, 6.45) is 0.696. The number of fused-ring (bicyclic) bond motifs is 1. The molecule has 5 nitrogen and oxygen atoms in total. The second-order valence-electron chi connectivity index (χ2n) is 7.72. The van der Waals surface area contributed by atoms with E-state index in [0.717, 1.165) is 16.8 Å². The molecule has 3 N–H and O–H groups in total. The Morgan fingerprint density at radius 3 is 2.64 bits per heavy atom. The van der Waals surface area contributed by atoms with Gasteiger partial charge in [0.25, 0.3) is 5.91 Å². The van der Waals surface area contributed by atoms with Crippen LogP contribution in [0.15, 0.2) is 66.7 Å². The van der Waals surface area contributed by atoms with Gasteiger partial charge in [0.2, 0.25) is 5.91 Å². The Morgan fingerprint density at radius 1 is 1.03 bits per heavy atom. The average molecular weight is 484 g/mol. The van der Waals surface area contributed by atoms with Crippen molar-refractivity contribution >= 4 is 46.6 Å². The van der Waals surface area contributed by atoms with Crippen LogP contribution in [-0.4, -0.2) is 30.2 Å². The Labute approximate surface area is 201 Å². The fraction of sp³-hybridized carbons (Fsp3) is 0.200. The van der Waals surface area contributed by atoms with Crippen molar-refractivity contribution in [1.29, 1.82) is 0 Å². The molecule has 3 aromatic carbocycles. The van der Waals surface area contributed by atoms with E-state index in [9.17, 15) is 14.0 Å². The minimum atomic E-state index is -0.407. The summed E-state index contributed by atoms with van der Waals surface area (Å²) in [7, 11) is 0. The highest BCUT2D eigenvalue weighted by Crippen LogP contribution is 2.29. The van der Waals surface area contributed by atoms with E-state index in [1.165, 1.54) is 12.1 Å². The molecule has 0 radical (unpaired) electrons. The number of halogens is 2. The summed E-state index contributed by atoms with van der Waals surface area (Å²) in [6, 6.07) is 18.8. The summed E-state index contributed by atoms with van der Waals surface area (Å²) >= 11 is 7.45. The maximum atomic E-state index is 13.3. The topological polar surface area (TPSA) is 70.2 Å². The number of thioether (sulfide) groups is 1. The van der Waals surface area contributed by atoms with Crippen LogP contribution < -0.4 is 16.0 Å². The molecule has 3 aromatic rings. The monoisotopic (exact) mass is 483 g/mol. The lowest BCUT2D eigenvalue weighted by molar-refractivity contribution is -0.116. The highest BCUT2D eigenvalue weighted by molar-refractivity contribution is 7.98. The summed E-state index contributed by atoms with van der Waals surface area (Å²) in [5.74, 6) is 0.531. The number of hydrogen-bond donors (Lipinski definition) is 3. The number of rotatable bonds is 8. The molecule has 4 rings (SSSR count). The van der Waals surface area contributed by atoms with Gasteiger partial charge >= 0.3 is 0 Å². The van der Waals surface area contributed by atoms with Crippen LogP contribution in [-0.2, 0) is 17.0 Å². The van der Waals surface area contributed by atoms with Gasteiger partial charge in [0.1, 0.15) is 11.9 Å². The first-order chi connectivity index (χ1) is 16.0. The van der Waals surface area contributed by atoms with Crippen molar-refractivity contribution in [2.75, 3.05) is 22.9 Å². The highest BCUT2D eigenvalue weighted by atomic mass is 35.5. The number of nitrogens with one attached hydrogen (secondary N) is 3. The Balaban J connectivity index is 1.29. The van der Waals surface area contributed by atoms with E-state index < -0.39 is 6.04 Å². The second-order valence-corrected chi connectivity index (χ2v) is 9.19. The predicted molar refractivity (Wildman–Crippen MR) is 133 cm³/mol. The average Bonchev–Trinajstić information content (AvgIpc) is 2.80. The minimum absolute atomic E-state index is 0.158. The van der Waals surface area contributed by atoms with E-state index in [4.69, 9.17) is 11.6 Å². The maximum absolute atomic E-state index is 13.3. The zero-order chi connectivity index (χ0) is 23.2. The lowest BCUT2D eigenvalue weighted by Gasteiger charge is -2.27. The molecule has 0 aromatic heterocycles. The molecule has 1 heterocycles.